The number of furan rings is 1. The van der Waals surface area contributed by atoms with Gasteiger partial charge >= 0.3 is 5.97 Å². The van der Waals surface area contributed by atoms with Gasteiger partial charge in [0.05, 0.1) is 31.8 Å². The van der Waals surface area contributed by atoms with Crippen LogP contribution in [-0.4, -0.2) is 31.7 Å². The molecule has 8 nitrogen and oxygen atoms in total. The van der Waals surface area contributed by atoms with Crippen LogP contribution >= 0.6 is 0 Å². The molecule has 1 amide bonds. The maximum absolute atomic E-state index is 11.9. The van der Waals surface area contributed by atoms with E-state index in [9.17, 15) is 9.59 Å². The first-order valence-corrected chi connectivity index (χ1v) is 9.36. The van der Waals surface area contributed by atoms with Gasteiger partial charge < -0.3 is 19.2 Å². The fraction of sp³-hybridized carbons (Fsp3) is 0.0870. The van der Waals surface area contributed by atoms with Crippen LogP contribution < -0.4 is 20.2 Å². The van der Waals surface area contributed by atoms with Crippen LogP contribution in [0.4, 0.5) is 5.69 Å². The second kappa shape index (κ2) is 11.0. The van der Waals surface area contributed by atoms with Gasteiger partial charge in [-0.25, -0.2) is 10.2 Å². The molecule has 0 aliphatic rings. The van der Waals surface area contributed by atoms with E-state index in [4.69, 9.17) is 13.9 Å². The number of rotatable bonds is 9. The smallest absolute Gasteiger partial charge is 0.336 e. The van der Waals surface area contributed by atoms with Crippen LogP contribution in [0.25, 0.3) is 6.08 Å². The SMILES string of the molecule is COc1ccccc1NCC(=O)N/N=C\c1ccc(OC(=O)/C=C/c2ccco2)cc1. The summed E-state index contributed by atoms with van der Waals surface area (Å²) in [5, 5.41) is 6.91. The van der Waals surface area contributed by atoms with E-state index in [-0.39, 0.29) is 12.5 Å². The van der Waals surface area contributed by atoms with Crippen LogP contribution in [0, 0.1) is 0 Å². The predicted octanol–water partition coefficient (Wildman–Crippen LogP) is 3.47. The van der Waals surface area contributed by atoms with Crippen LogP contribution in [0.15, 0.2) is 82.5 Å². The predicted molar refractivity (Wildman–Crippen MR) is 117 cm³/mol. The van der Waals surface area contributed by atoms with Gasteiger partial charge in [0, 0.05) is 6.08 Å². The molecule has 0 saturated heterocycles. The Bertz CT molecular complexity index is 1060. The lowest BCUT2D eigenvalue weighted by molar-refractivity contribution is -0.129. The van der Waals surface area contributed by atoms with Crippen molar-refractivity contribution in [2.75, 3.05) is 19.0 Å². The van der Waals surface area contributed by atoms with Crippen LogP contribution in [0.1, 0.15) is 11.3 Å². The fourth-order valence-corrected chi connectivity index (χ4v) is 2.49. The van der Waals surface area contributed by atoms with Crippen molar-refractivity contribution in [1.82, 2.24) is 5.43 Å². The molecule has 3 rings (SSSR count). The summed E-state index contributed by atoms with van der Waals surface area (Å²) in [4.78, 5) is 23.7. The van der Waals surface area contributed by atoms with Crippen molar-refractivity contribution in [3.63, 3.8) is 0 Å². The number of para-hydroxylation sites is 2. The highest BCUT2D eigenvalue weighted by Gasteiger charge is 2.04. The molecule has 1 heterocycles. The van der Waals surface area contributed by atoms with Gasteiger partial charge in [0.15, 0.2) is 0 Å². The van der Waals surface area contributed by atoms with Crippen molar-refractivity contribution in [1.29, 1.82) is 0 Å². The van der Waals surface area contributed by atoms with Crippen molar-refractivity contribution in [3.05, 3.63) is 84.3 Å². The molecule has 0 saturated carbocycles. The normalized spacial score (nSPS) is 10.9. The average Bonchev–Trinajstić information content (AvgIpc) is 3.31. The molecule has 0 atom stereocenters. The molecule has 0 aliphatic carbocycles. The van der Waals surface area contributed by atoms with Gasteiger partial charge in [-0.05, 0) is 60.2 Å². The molecule has 3 aromatic rings. The lowest BCUT2D eigenvalue weighted by atomic mass is 10.2. The minimum Gasteiger partial charge on any atom is -0.495 e. The first-order chi connectivity index (χ1) is 15.1. The number of carbonyl (C=O) groups is 2. The number of benzene rings is 2. The summed E-state index contributed by atoms with van der Waals surface area (Å²) in [7, 11) is 1.56. The lowest BCUT2D eigenvalue weighted by Gasteiger charge is -2.09. The molecule has 2 N–H and O–H groups in total. The standard InChI is InChI=1S/C23H21N3O5/c1-29-21-7-3-2-6-20(21)24-16-22(27)26-25-15-17-8-10-19(11-9-17)31-23(28)13-12-18-5-4-14-30-18/h2-15,24H,16H2,1H3,(H,26,27)/b13-12+,25-15-. The van der Waals surface area contributed by atoms with Gasteiger partial charge in [0.25, 0.3) is 5.91 Å². The molecule has 1 aromatic heterocycles. The van der Waals surface area contributed by atoms with Crippen molar-refractivity contribution >= 4 is 29.9 Å². The van der Waals surface area contributed by atoms with Crippen LogP contribution in [0.2, 0.25) is 0 Å². The maximum Gasteiger partial charge on any atom is 0.336 e. The number of esters is 1. The van der Waals surface area contributed by atoms with E-state index < -0.39 is 5.97 Å². The number of amides is 1. The van der Waals surface area contributed by atoms with Gasteiger partial charge in [0.1, 0.15) is 17.3 Å². The van der Waals surface area contributed by atoms with Crippen molar-refractivity contribution in [3.8, 4) is 11.5 Å². The molecule has 0 aliphatic heterocycles. The number of hydrazone groups is 1. The number of methoxy groups -OCH3 is 1. The number of nitrogens with zero attached hydrogens (tertiary/aromatic N) is 1. The molecule has 0 bridgehead atoms. The lowest BCUT2D eigenvalue weighted by Crippen LogP contribution is -2.26. The van der Waals surface area contributed by atoms with Gasteiger partial charge in [-0.15, -0.1) is 0 Å². The fourth-order valence-electron chi connectivity index (χ4n) is 2.49. The van der Waals surface area contributed by atoms with E-state index in [0.29, 0.717) is 22.9 Å². The summed E-state index contributed by atoms with van der Waals surface area (Å²) in [6, 6.07) is 17.4. The molecular weight excluding hydrogens is 398 g/mol. The Morgan fingerprint density at radius 3 is 2.61 bits per heavy atom. The molecule has 0 radical (unpaired) electrons. The monoisotopic (exact) mass is 419 g/mol. The quantitative estimate of drug-likeness (QED) is 0.181. The van der Waals surface area contributed by atoms with Crippen LogP contribution in [0.5, 0.6) is 11.5 Å². The second-order valence-corrected chi connectivity index (χ2v) is 6.19. The Morgan fingerprint density at radius 1 is 1.06 bits per heavy atom. The summed E-state index contributed by atoms with van der Waals surface area (Å²) in [5.41, 5.74) is 3.88. The van der Waals surface area contributed by atoms with Crippen LogP contribution in [-0.2, 0) is 9.59 Å². The first-order valence-electron chi connectivity index (χ1n) is 9.36. The number of nitrogens with one attached hydrogen (secondary N) is 2. The Labute approximate surface area is 179 Å². The van der Waals surface area contributed by atoms with Gasteiger partial charge in [-0.1, -0.05) is 12.1 Å². The third kappa shape index (κ3) is 6.90. The third-order valence-corrected chi connectivity index (χ3v) is 3.97. The first kappa shape index (κ1) is 21.4. The van der Waals surface area contributed by atoms with Gasteiger partial charge in [-0.2, -0.15) is 5.10 Å². The minimum absolute atomic E-state index is 0.0398. The van der Waals surface area contributed by atoms with E-state index in [1.807, 2.05) is 18.2 Å². The zero-order valence-corrected chi connectivity index (χ0v) is 16.8. The largest absolute Gasteiger partial charge is 0.495 e. The van der Waals surface area contributed by atoms with Crippen molar-refractivity contribution < 1.29 is 23.5 Å². The van der Waals surface area contributed by atoms with Gasteiger partial charge in [0.2, 0.25) is 0 Å². The highest BCUT2D eigenvalue weighted by Crippen LogP contribution is 2.22. The number of hydrogen-bond acceptors (Lipinski definition) is 7. The minimum atomic E-state index is -0.521. The number of anilines is 1. The Hall–Kier alpha value is -4.33. The van der Waals surface area contributed by atoms with E-state index in [2.05, 4.69) is 15.8 Å². The molecule has 31 heavy (non-hydrogen) atoms. The van der Waals surface area contributed by atoms with E-state index in [1.165, 1.54) is 24.6 Å². The molecule has 0 unspecified atom stereocenters. The molecule has 158 valence electrons. The van der Waals surface area contributed by atoms with Crippen molar-refractivity contribution in [2.24, 2.45) is 5.10 Å². The zero-order valence-electron chi connectivity index (χ0n) is 16.8. The molecule has 2 aromatic carbocycles. The second-order valence-electron chi connectivity index (χ2n) is 6.19. The molecule has 8 heteroatoms. The summed E-state index contributed by atoms with van der Waals surface area (Å²) >= 11 is 0. The topological polar surface area (TPSA) is 102 Å². The maximum atomic E-state index is 11.9. The number of ether oxygens (including phenoxy) is 2. The highest BCUT2D eigenvalue weighted by atomic mass is 16.5. The number of carbonyl (C=O) groups excluding carboxylic acids is 2. The van der Waals surface area contributed by atoms with E-state index >= 15 is 0 Å². The summed E-state index contributed by atoms with van der Waals surface area (Å²) in [6.45, 7) is 0.0398. The Balaban J connectivity index is 1.43. The summed E-state index contributed by atoms with van der Waals surface area (Å²) in [5.74, 6) is 0.764. The average molecular weight is 419 g/mol. The Morgan fingerprint density at radius 2 is 1.87 bits per heavy atom. The number of hydrogen-bond donors (Lipinski definition) is 2. The molecule has 0 fully saturated rings. The van der Waals surface area contributed by atoms with Crippen LogP contribution in [0.3, 0.4) is 0 Å². The van der Waals surface area contributed by atoms with Crippen molar-refractivity contribution in [2.45, 2.75) is 0 Å². The van der Waals surface area contributed by atoms with E-state index in [0.717, 1.165) is 5.56 Å². The Kier molecular flexibility index (Phi) is 7.59. The molecular formula is C23H21N3O5. The third-order valence-electron chi connectivity index (χ3n) is 3.97. The highest BCUT2D eigenvalue weighted by molar-refractivity contribution is 5.88. The summed E-state index contributed by atoms with van der Waals surface area (Å²) < 4.78 is 15.5. The molecule has 0 spiro atoms. The summed E-state index contributed by atoms with van der Waals surface area (Å²) in [6.07, 6.45) is 5.81. The zero-order chi connectivity index (χ0) is 21.9. The van der Waals surface area contributed by atoms with Gasteiger partial charge in [-0.3, -0.25) is 4.79 Å². The van der Waals surface area contributed by atoms with E-state index in [1.54, 1.807) is 49.6 Å².